The molecular formula is C11H15N3O4S. The summed E-state index contributed by atoms with van der Waals surface area (Å²) in [5.41, 5.74) is 3.51. The second-order valence-corrected chi connectivity index (χ2v) is 5.84. The lowest BCUT2D eigenvalue weighted by molar-refractivity contribution is -0.120. The quantitative estimate of drug-likeness (QED) is 0.765. The molecule has 0 spiro atoms. The number of likely N-dealkylation sites (N-methyl/N-ethyl adjacent to an activating group) is 1. The summed E-state index contributed by atoms with van der Waals surface area (Å²) in [6, 6.07) is 7.40. The van der Waals surface area contributed by atoms with Crippen LogP contribution in [0.4, 0.5) is 5.69 Å². The first kappa shape index (κ1) is 13.9. The fourth-order valence-electron chi connectivity index (χ4n) is 2.08. The van der Waals surface area contributed by atoms with Crippen molar-refractivity contribution in [3.05, 3.63) is 30.3 Å². The maximum atomic E-state index is 12.3. The highest BCUT2D eigenvalue weighted by atomic mass is 32.2. The summed E-state index contributed by atoms with van der Waals surface area (Å²) in [5, 5.41) is 1.29. The minimum Gasteiger partial charge on any atom is -0.273 e. The number of nitrogens with zero attached hydrogens (tertiary/aromatic N) is 2. The van der Waals surface area contributed by atoms with Crippen molar-refractivity contribution in [1.29, 1.82) is 0 Å². The molecule has 19 heavy (non-hydrogen) atoms. The Morgan fingerprint density at radius 2 is 1.89 bits per heavy atom. The summed E-state index contributed by atoms with van der Waals surface area (Å²) >= 11 is 0. The molecule has 1 aliphatic rings. The van der Waals surface area contributed by atoms with Crippen molar-refractivity contribution >= 4 is 21.9 Å². The molecule has 2 rings (SSSR count). The molecule has 0 radical (unpaired) electrons. The largest absolute Gasteiger partial charge is 0.336 e. The number of hydrogen-bond donors (Lipinski definition) is 2. The van der Waals surface area contributed by atoms with Gasteiger partial charge in [0, 0.05) is 13.1 Å². The van der Waals surface area contributed by atoms with E-state index < -0.39 is 28.3 Å². The first-order valence-corrected chi connectivity index (χ1v) is 7.07. The molecule has 1 aliphatic heterocycles. The van der Waals surface area contributed by atoms with Crippen molar-refractivity contribution in [2.24, 2.45) is 0 Å². The Kier molecular flexibility index (Phi) is 3.59. The first-order chi connectivity index (χ1) is 8.82. The number of nitrogens with one attached hydrogen (secondary N) is 1. The maximum Gasteiger partial charge on any atom is 0.336 e. The number of anilines is 1. The molecule has 1 saturated heterocycles. The molecule has 0 aromatic heterocycles. The van der Waals surface area contributed by atoms with Crippen LogP contribution in [0, 0.1) is 0 Å². The summed E-state index contributed by atoms with van der Waals surface area (Å²) < 4.78 is 32.0. The zero-order chi connectivity index (χ0) is 14.2. The van der Waals surface area contributed by atoms with Crippen molar-refractivity contribution in [2.75, 3.05) is 12.1 Å². The molecular weight excluding hydrogens is 270 g/mol. The van der Waals surface area contributed by atoms with Gasteiger partial charge in [0.2, 0.25) is 0 Å². The average Bonchev–Trinajstić information content (AvgIpc) is 2.64. The van der Waals surface area contributed by atoms with Crippen molar-refractivity contribution in [3.63, 3.8) is 0 Å². The van der Waals surface area contributed by atoms with Gasteiger partial charge in [0.05, 0.1) is 5.69 Å². The lowest BCUT2D eigenvalue weighted by Crippen LogP contribution is -2.46. The fraction of sp³-hybridized carbons (Fsp3) is 0.364. The Balaban J connectivity index is 2.29. The Labute approximate surface area is 111 Å². The summed E-state index contributed by atoms with van der Waals surface area (Å²) in [4.78, 5) is 12.3. The predicted octanol–water partition coefficient (Wildman–Crippen LogP) is 0.0295. The van der Waals surface area contributed by atoms with E-state index in [1.807, 2.05) is 6.07 Å². The molecule has 0 bridgehead atoms. The topological polar surface area (TPSA) is 90.0 Å². The molecule has 1 fully saturated rings. The number of amides is 1. The van der Waals surface area contributed by atoms with Crippen LogP contribution in [0.2, 0.25) is 0 Å². The fourth-order valence-corrected chi connectivity index (χ4v) is 2.64. The zero-order valence-corrected chi connectivity index (χ0v) is 11.3. The highest BCUT2D eigenvalue weighted by molar-refractivity contribution is 7.83. The van der Waals surface area contributed by atoms with E-state index in [0.717, 1.165) is 0 Å². The van der Waals surface area contributed by atoms with E-state index in [2.05, 4.69) is 5.43 Å². The maximum absolute atomic E-state index is 12.3. The number of hydrogen-bond acceptors (Lipinski definition) is 4. The minimum absolute atomic E-state index is 0.432. The van der Waals surface area contributed by atoms with Crippen LogP contribution in [0.1, 0.15) is 6.92 Å². The lowest BCUT2D eigenvalue weighted by Gasteiger charge is -2.20. The molecule has 1 heterocycles. The van der Waals surface area contributed by atoms with Gasteiger partial charge in [0.1, 0.15) is 6.04 Å². The summed E-state index contributed by atoms with van der Waals surface area (Å²) in [5.74, 6) is -0.432. The smallest absolute Gasteiger partial charge is 0.273 e. The molecule has 1 aromatic rings. The number of para-hydroxylation sites is 1. The van der Waals surface area contributed by atoms with Gasteiger partial charge in [-0.2, -0.15) is 12.7 Å². The van der Waals surface area contributed by atoms with Crippen molar-refractivity contribution in [2.45, 2.75) is 19.0 Å². The first-order valence-electron chi connectivity index (χ1n) is 5.68. The monoisotopic (exact) mass is 285 g/mol. The molecule has 104 valence electrons. The predicted molar refractivity (Wildman–Crippen MR) is 69.6 cm³/mol. The number of carbonyl (C=O) groups is 1. The van der Waals surface area contributed by atoms with Crippen LogP contribution in [0.15, 0.2) is 30.3 Å². The van der Waals surface area contributed by atoms with Gasteiger partial charge in [0.15, 0.2) is 0 Å². The van der Waals surface area contributed by atoms with Crippen LogP contribution >= 0.6 is 0 Å². The highest BCUT2D eigenvalue weighted by Crippen LogP contribution is 2.22. The minimum atomic E-state index is -4.41. The van der Waals surface area contributed by atoms with E-state index >= 15 is 0 Å². The van der Waals surface area contributed by atoms with E-state index in [-0.39, 0.29) is 0 Å². The molecule has 7 nitrogen and oxygen atoms in total. The summed E-state index contributed by atoms with van der Waals surface area (Å²) in [7, 11) is -3.24. The van der Waals surface area contributed by atoms with E-state index in [1.54, 1.807) is 31.2 Å². The molecule has 0 saturated carbocycles. The van der Waals surface area contributed by atoms with Crippen molar-refractivity contribution in [1.82, 2.24) is 9.73 Å². The van der Waals surface area contributed by atoms with Gasteiger partial charge in [-0.05, 0) is 19.1 Å². The van der Waals surface area contributed by atoms with Crippen LogP contribution in [0.25, 0.3) is 0 Å². The van der Waals surface area contributed by atoms with E-state index in [4.69, 9.17) is 4.55 Å². The lowest BCUT2D eigenvalue weighted by atomic mass is 10.1. The molecule has 0 aliphatic carbocycles. The van der Waals surface area contributed by atoms with Crippen molar-refractivity contribution < 1.29 is 17.8 Å². The second kappa shape index (κ2) is 4.89. The van der Waals surface area contributed by atoms with Crippen LogP contribution in [0.3, 0.4) is 0 Å². The summed E-state index contributed by atoms with van der Waals surface area (Å²) in [6.45, 7) is 1.67. The summed E-state index contributed by atoms with van der Waals surface area (Å²) in [6.07, 6.45) is 0. The van der Waals surface area contributed by atoms with Crippen molar-refractivity contribution in [3.8, 4) is 0 Å². The van der Waals surface area contributed by atoms with Crippen LogP contribution in [-0.4, -0.2) is 42.3 Å². The van der Waals surface area contributed by atoms with Gasteiger partial charge >= 0.3 is 10.3 Å². The average molecular weight is 285 g/mol. The Morgan fingerprint density at radius 1 is 1.32 bits per heavy atom. The Hall–Kier alpha value is -1.48. The van der Waals surface area contributed by atoms with E-state index in [0.29, 0.717) is 9.99 Å². The molecule has 2 atom stereocenters. The van der Waals surface area contributed by atoms with Gasteiger partial charge in [-0.15, -0.1) is 0 Å². The van der Waals surface area contributed by atoms with E-state index in [9.17, 15) is 13.2 Å². The number of rotatable bonds is 3. The molecule has 1 aromatic carbocycles. The van der Waals surface area contributed by atoms with Crippen LogP contribution in [0.5, 0.6) is 0 Å². The molecule has 1 amide bonds. The van der Waals surface area contributed by atoms with Crippen LogP contribution < -0.4 is 10.4 Å². The van der Waals surface area contributed by atoms with Gasteiger partial charge in [0.25, 0.3) is 5.91 Å². The standard InChI is InChI=1S/C11H15N3O4S/c1-8-10(13(2)19(16,17)18)11(15)14(12-8)9-6-4-3-5-7-9/h3-8,10,12H,1-2H3,(H,16,17,18). The number of benzene rings is 1. The van der Waals surface area contributed by atoms with Gasteiger partial charge < -0.3 is 0 Å². The third-order valence-electron chi connectivity index (χ3n) is 3.05. The Bertz CT molecular complexity index is 575. The third-order valence-corrected chi connectivity index (χ3v) is 4.00. The Morgan fingerprint density at radius 3 is 2.42 bits per heavy atom. The van der Waals surface area contributed by atoms with Gasteiger partial charge in [-0.25, -0.2) is 10.4 Å². The van der Waals surface area contributed by atoms with Crippen LogP contribution in [-0.2, 0) is 15.1 Å². The third kappa shape index (κ3) is 2.61. The SMILES string of the molecule is CC1NN(c2ccccc2)C(=O)C1N(C)S(=O)(=O)O. The highest BCUT2D eigenvalue weighted by Gasteiger charge is 2.44. The second-order valence-electron chi connectivity index (χ2n) is 4.37. The van der Waals surface area contributed by atoms with E-state index in [1.165, 1.54) is 12.1 Å². The normalized spacial score (nSPS) is 24.2. The van der Waals surface area contributed by atoms with Gasteiger partial charge in [-0.1, -0.05) is 18.2 Å². The van der Waals surface area contributed by atoms with Gasteiger partial charge in [-0.3, -0.25) is 9.35 Å². The molecule has 2 N–H and O–H groups in total. The molecule has 8 heteroatoms. The zero-order valence-electron chi connectivity index (χ0n) is 10.5. The molecule has 2 unspecified atom stereocenters. The number of carbonyl (C=O) groups excluding carboxylic acids is 1. The number of hydrazine groups is 1.